The predicted molar refractivity (Wildman–Crippen MR) is 75.2 cm³/mol. The molecule has 0 fully saturated rings. The summed E-state index contributed by atoms with van der Waals surface area (Å²) < 4.78 is 0. The quantitative estimate of drug-likeness (QED) is 0.925. The lowest BCUT2D eigenvalue weighted by Crippen LogP contribution is -2.13. The minimum absolute atomic E-state index is 0.202. The van der Waals surface area contributed by atoms with Crippen molar-refractivity contribution >= 4 is 17.5 Å². The average molecular weight is 267 g/mol. The SMILES string of the molecule is Cc1cc(C(=O)O)cc(N(C)c2ccc(C#N)cc2)n1. The van der Waals surface area contributed by atoms with Gasteiger partial charge in [-0.1, -0.05) is 0 Å². The highest BCUT2D eigenvalue weighted by molar-refractivity contribution is 5.89. The minimum atomic E-state index is -0.982. The summed E-state index contributed by atoms with van der Waals surface area (Å²) >= 11 is 0. The van der Waals surface area contributed by atoms with E-state index in [1.54, 1.807) is 43.1 Å². The van der Waals surface area contributed by atoms with Crippen molar-refractivity contribution in [2.24, 2.45) is 0 Å². The van der Waals surface area contributed by atoms with Gasteiger partial charge in [0.1, 0.15) is 5.82 Å². The molecule has 0 aliphatic carbocycles. The molecule has 0 unspecified atom stereocenters. The molecule has 0 atom stereocenters. The molecule has 5 nitrogen and oxygen atoms in total. The number of aromatic carboxylic acids is 1. The molecule has 0 spiro atoms. The van der Waals surface area contributed by atoms with Crippen molar-refractivity contribution < 1.29 is 9.90 Å². The van der Waals surface area contributed by atoms with Crippen LogP contribution in [0.1, 0.15) is 21.6 Å². The molecule has 0 saturated carbocycles. The van der Waals surface area contributed by atoms with Crippen LogP contribution < -0.4 is 4.90 Å². The van der Waals surface area contributed by atoms with Gasteiger partial charge in [0.05, 0.1) is 17.2 Å². The molecule has 0 aliphatic rings. The zero-order chi connectivity index (χ0) is 14.7. The lowest BCUT2D eigenvalue weighted by molar-refractivity contribution is 0.0696. The Morgan fingerprint density at radius 3 is 2.50 bits per heavy atom. The van der Waals surface area contributed by atoms with Crippen LogP contribution in [0.5, 0.6) is 0 Å². The summed E-state index contributed by atoms with van der Waals surface area (Å²) in [6.07, 6.45) is 0. The molecular weight excluding hydrogens is 254 g/mol. The first kappa shape index (κ1) is 13.6. The largest absolute Gasteiger partial charge is 0.478 e. The van der Waals surface area contributed by atoms with Crippen molar-refractivity contribution in [2.75, 3.05) is 11.9 Å². The van der Waals surface area contributed by atoms with E-state index < -0.39 is 5.97 Å². The van der Waals surface area contributed by atoms with Crippen molar-refractivity contribution in [1.82, 2.24) is 4.98 Å². The molecule has 0 radical (unpaired) electrons. The van der Waals surface area contributed by atoms with E-state index in [9.17, 15) is 4.79 Å². The average Bonchev–Trinajstić information content (AvgIpc) is 2.46. The third-order valence-corrected chi connectivity index (χ3v) is 2.91. The van der Waals surface area contributed by atoms with E-state index in [0.29, 0.717) is 17.1 Å². The first-order valence-electron chi connectivity index (χ1n) is 5.97. The maximum absolute atomic E-state index is 11.1. The molecule has 5 heteroatoms. The molecule has 0 aliphatic heterocycles. The smallest absolute Gasteiger partial charge is 0.335 e. The molecule has 1 aromatic heterocycles. The maximum atomic E-state index is 11.1. The Balaban J connectivity index is 2.39. The van der Waals surface area contributed by atoms with E-state index >= 15 is 0 Å². The van der Waals surface area contributed by atoms with E-state index in [0.717, 1.165) is 5.69 Å². The van der Waals surface area contributed by atoms with Crippen LogP contribution in [0.2, 0.25) is 0 Å². The van der Waals surface area contributed by atoms with E-state index in [1.807, 2.05) is 0 Å². The van der Waals surface area contributed by atoms with Gasteiger partial charge in [-0.15, -0.1) is 0 Å². The normalized spacial score (nSPS) is 9.85. The molecule has 1 N–H and O–H groups in total. The Bertz CT molecular complexity index is 687. The number of hydrogen-bond donors (Lipinski definition) is 1. The molecule has 0 bridgehead atoms. The van der Waals surface area contributed by atoms with Gasteiger partial charge in [-0.2, -0.15) is 5.26 Å². The van der Waals surface area contributed by atoms with Crippen LogP contribution in [0, 0.1) is 18.3 Å². The van der Waals surface area contributed by atoms with Crippen molar-refractivity contribution in [3.63, 3.8) is 0 Å². The fraction of sp³-hybridized carbons (Fsp3) is 0.133. The monoisotopic (exact) mass is 267 g/mol. The Labute approximate surface area is 116 Å². The second-order valence-electron chi connectivity index (χ2n) is 4.38. The van der Waals surface area contributed by atoms with Gasteiger partial charge < -0.3 is 10.0 Å². The third kappa shape index (κ3) is 2.75. The number of carboxylic acids is 1. The third-order valence-electron chi connectivity index (χ3n) is 2.91. The van der Waals surface area contributed by atoms with Gasteiger partial charge in [-0.05, 0) is 43.3 Å². The van der Waals surface area contributed by atoms with Crippen LogP contribution >= 0.6 is 0 Å². The minimum Gasteiger partial charge on any atom is -0.478 e. The van der Waals surface area contributed by atoms with E-state index in [-0.39, 0.29) is 5.56 Å². The highest BCUT2D eigenvalue weighted by Crippen LogP contribution is 2.23. The number of carbonyl (C=O) groups is 1. The Hall–Kier alpha value is -2.87. The van der Waals surface area contributed by atoms with Crippen LogP contribution in [0.15, 0.2) is 36.4 Å². The standard InChI is InChI=1S/C15H13N3O2/c1-10-7-12(15(19)20)8-14(17-10)18(2)13-5-3-11(9-16)4-6-13/h3-8H,1-2H3,(H,19,20). The summed E-state index contributed by atoms with van der Waals surface area (Å²) in [5, 5.41) is 17.8. The van der Waals surface area contributed by atoms with Gasteiger partial charge in [0.15, 0.2) is 0 Å². The number of pyridine rings is 1. The highest BCUT2D eigenvalue weighted by atomic mass is 16.4. The summed E-state index contributed by atoms with van der Waals surface area (Å²) in [6.45, 7) is 1.75. The number of nitrogens with zero attached hydrogens (tertiary/aromatic N) is 3. The van der Waals surface area contributed by atoms with Crippen LogP contribution in [0.4, 0.5) is 11.5 Å². The first-order valence-corrected chi connectivity index (χ1v) is 5.97. The number of anilines is 2. The van der Waals surface area contributed by atoms with Crippen molar-refractivity contribution in [3.8, 4) is 6.07 Å². The molecule has 0 amide bonds. The Kier molecular flexibility index (Phi) is 3.67. The number of benzene rings is 1. The van der Waals surface area contributed by atoms with Crippen LogP contribution in [0.3, 0.4) is 0 Å². The number of hydrogen-bond acceptors (Lipinski definition) is 4. The predicted octanol–water partition coefficient (Wildman–Crippen LogP) is 2.73. The summed E-state index contributed by atoms with van der Waals surface area (Å²) in [5.41, 5.74) is 2.25. The molecule has 2 aromatic rings. The van der Waals surface area contributed by atoms with Crippen LogP contribution in [-0.4, -0.2) is 23.1 Å². The van der Waals surface area contributed by atoms with E-state index in [2.05, 4.69) is 11.1 Å². The molecular formula is C15H13N3O2. The molecule has 20 heavy (non-hydrogen) atoms. The second kappa shape index (κ2) is 5.41. The zero-order valence-electron chi connectivity index (χ0n) is 11.2. The van der Waals surface area contributed by atoms with Crippen LogP contribution in [0.25, 0.3) is 0 Å². The zero-order valence-corrected chi connectivity index (χ0v) is 11.2. The Morgan fingerprint density at radius 1 is 1.30 bits per heavy atom. The fourth-order valence-corrected chi connectivity index (χ4v) is 1.84. The molecule has 1 aromatic carbocycles. The summed E-state index contributed by atoms with van der Waals surface area (Å²) in [5.74, 6) is -0.433. The molecule has 0 saturated heterocycles. The van der Waals surface area contributed by atoms with Gasteiger partial charge >= 0.3 is 5.97 Å². The van der Waals surface area contributed by atoms with Gasteiger partial charge in [-0.25, -0.2) is 9.78 Å². The number of carboxylic acid groups (broad SMARTS) is 1. The molecule has 2 rings (SSSR count). The van der Waals surface area contributed by atoms with Crippen LogP contribution in [-0.2, 0) is 0 Å². The Morgan fingerprint density at radius 2 is 1.95 bits per heavy atom. The van der Waals surface area contributed by atoms with Gasteiger partial charge in [0, 0.05) is 18.4 Å². The van der Waals surface area contributed by atoms with E-state index in [4.69, 9.17) is 10.4 Å². The topological polar surface area (TPSA) is 77.2 Å². The molecule has 1 heterocycles. The number of aryl methyl sites for hydroxylation is 1. The second-order valence-corrected chi connectivity index (χ2v) is 4.38. The summed E-state index contributed by atoms with van der Waals surface area (Å²) in [4.78, 5) is 17.2. The summed E-state index contributed by atoms with van der Waals surface area (Å²) in [6, 6.07) is 12.1. The number of nitriles is 1. The maximum Gasteiger partial charge on any atom is 0.335 e. The van der Waals surface area contributed by atoms with Crippen molar-refractivity contribution in [3.05, 3.63) is 53.2 Å². The van der Waals surface area contributed by atoms with Gasteiger partial charge in [0.2, 0.25) is 0 Å². The van der Waals surface area contributed by atoms with Gasteiger partial charge in [0.25, 0.3) is 0 Å². The molecule has 100 valence electrons. The van der Waals surface area contributed by atoms with E-state index in [1.165, 1.54) is 12.1 Å². The summed E-state index contributed by atoms with van der Waals surface area (Å²) in [7, 11) is 1.80. The number of aromatic nitrogens is 1. The van der Waals surface area contributed by atoms with Crippen molar-refractivity contribution in [1.29, 1.82) is 5.26 Å². The van der Waals surface area contributed by atoms with Gasteiger partial charge in [-0.3, -0.25) is 0 Å². The highest BCUT2D eigenvalue weighted by Gasteiger charge is 2.11. The first-order chi connectivity index (χ1) is 9.51. The lowest BCUT2D eigenvalue weighted by Gasteiger charge is -2.19. The number of rotatable bonds is 3. The fourth-order valence-electron chi connectivity index (χ4n) is 1.84. The van der Waals surface area contributed by atoms with Crippen molar-refractivity contribution in [2.45, 2.75) is 6.92 Å². The lowest BCUT2D eigenvalue weighted by atomic mass is 10.2.